The molecule has 8 heteroatoms. The van der Waals surface area contributed by atoms with Crippen LogP contribution < -0.4 is 5.32 Å². The Morgan fingerprint density at radius 2 is 1.95 bits per heavy atom. The minimum Gasteiger partial charge on any atom is -0.467 e. The van der Waals surface area contributed by atoms with Gasteiger partial charge in [-0.1, -0.05) is 13.8 Å². The van der Waals surface area contributed by atoms with Gasteiger partial charge >= 0.3 is 5.97 Å². The molecule has 0 saturated carbocycles. The average molecular weight is 315 g/mol. The fraction of sp³-hybridized carbons (Fsp3) is 0.538. The van der Waals surface area contributed by atoms with Crippen LogP contribution in [0.15, 0.2) is 23.2 Å². The summed E-state index contributed by atoms with van der Waals surface area (Å²) in [6.07, 6.45) is 1.26. The van der Waals surface area contributed by atoms with Crippen molar-refractivity contribution in [3.8, 4) is 0 Å². The van der Waals surface area contributed by atoms with E-state index >= 15 is 0 Å². The number of nitrogens with one attached hydrogen (secondary N) is 1. The van der Waals surface area contributed by atoms with Gasteiger partial charge in [0.25, 0.3) is 0 Å². The second-order valence-corrected chi connectivity index (χ2v) is 7.21. The number of anilines is 1. The third-order valence-electron chi connectivity index (χ3n) is 2.94. The van der Waals surface area contributed by atoms with Crippen molar-refractivity contribution in [2.75, 3.05) is 26.5 Å². The summed E-state index contributed by atoms with van der Waals surface area (Å²) in [6, 6.07) is 2.42. The fourth-order valence-electron chi connectivity index (χ4n) is 1.61. The molecule has 0 aromatic carbocycles. The van der Waals surface area contributed by atoms with Crippen LogP contribution >= 0.6 is 0 Å². The molecule has 1 N–H and O–H groups in total. The molecule has 1 aromatic rings. The predicted molar refractivity (Wildman–Crippen MR) is 79.4 cm³/mol. The number of sulfonamides is 1. The van der Waals surface area contributed by atoms with Crippen LogP contribution in [0, 0.1) is 5.92 Å². The van der Waals surface area contributed by atoms with Crippen molar-refractivity contribution in [1.29, 1.82) is 0 Å². The van der Waals surface area contributed by atoms with Gasteiger partial charge in [0.2, 0.25) is 10.0 Å². The number of carbonyl (C=O) groups is 1. The number of pyridine rings is 1. The Balaban J connectivity index is 2.95. The molecule has 118 valence electrons. The number of nitrogens with zero attached hydrogens (tertiary/aromatic N) is 2. The molecule has 0 aliphatic heterocycles. The van der Waals surface area contributed by atoms with E-state index in [0.29, 0.717) is 5.82 Å². The summed E-state index contributed by atoms with van der Waals surface area (Å²) in [6.45, 7) is 3.75. The maximum atomic E-state index is 11.9. The maximum Gasteiger partial charge on any atom is 0.328 e. The summed E-state index contributed by atoms with van der Waals surface area (Å²) in [4.78, 5) is 15.8. The highest BCUT2D eigenvalue weighted by atomic mass is 32.2. The van der Waals surface area contributed by atoms with Crippen molar-refractivity contribution < 1.29 is 17.9 Å². The first-order valence-electron chi connectivity index (χ1n) is 6.43. The highest BCUT2D eigenvalue weighted by Gasteiger charge is 2.23. The first-order chi connectivity index (χ1) is 9.70. The molecular formula is C13H21N3O4S. The van der Waals surface area contributed by atoms with Crippen molar-refractivity contribution >= 4 is 21.8 Å². The molecule has 0 fully saturated rings. The lowest BCUT2D eigenvalue weighted by Gasteiger charge is -2.20. The van der Waals surface area contributed by atoms with Crippen molar-refractivity contribution in [2.45, 2.75) is 24.8 Å². The van der Waals surface area contributed by atoms with Gasteiger partial charge in [-0.3, -0.25) is 0 Å². The van der Waals surface area contributed by atoms with Gasteiger partial charge in [-0.2, -0.15) is 0 Å². The Morgan fingerprint density at radius 1 is 1.33 bits per heavy atom. The zero-order chi connectivity index (χ0) is 16.2. The number of hydrogen-bond donors (Lipinski definition) is 1. The van der Waals surface area contributed by atoms with Gasteiger partial charge in [0.15, 0.2) is 0 Å². The van der Waals surface area contributed by atoms with Crippen LogP contribution in [0.25, 0.3) is 0 Å². The van der Waals surface area contributed by atoms with E-state index in [1.807, 2.05) is 13.8 Å². The minimum atomic E-state index is -3.51. The largest absolute Gasteiger partial charge is 0.467 e. The third kappa shape index (κ3) is 4.15. The molecule has 1 aromatic heterocycles. The average Bonchev–Trinajstić information content (AvgIpc) is 2.44. The van der Waals surface area contributed by atoms with Crippen molar-refractivity contribution in [2.24, 2.45) is 5.92 Å². The molecule has 0 radical (unpaired) electrons. The van der Waals surface area contributed by atoms with E-state index < -0.39 is 22.0 Å². The maximum absolute atomic E-state index is 11.9. The first kappa shape index (κ1) is 17.4. The molecule has 7 nitrogen and oxygen atoms in total. The molecule has 21 heavy (non-hydrogen) atoms. The summed E-state index contributed by atoms with van der Waals surface area (Å²) in [7, 11) is 0.715. The Labute approximate surface area is 125 Å². The number of rotatable bonds is 6. The normalized spacial score (nSPS) is 13.3. The Bertz CT molecular complexity index is 582. The van der Waals surface area contributed by atoms with E-state index in [9.17, 15) is 13.2 Å². The van der Waals surface area contributed by atoms with E-state index in [2.05, 4.69) is 10.3 Å². The Hall–Kier alpha value is -1.67. The van der Waals surface area contributed by atoms with Gasteiger partial charge in [-0.05, 0) is 18.1 Å². The van der Waals surface area contributed by atoms with E-state index in [4.69, 9.17) is 4.74 Å². The van der Waals surface area contributed by atoms with Gasteiger partial charge < -0.3 is 10.1 Å². The number of carbonyl (C=O) groups excluding carboxylic acids is 1. The second-order valence-electron chi connectivity index (χ2n) is 5.06. The number of hydrogen-bond acceptors (Lipinski definition) is 6. The quantitative estimate of drug-likeness (QED) is 0.786. The molecule has 1 unspecified atom stereocenters. The SMILES string of the molecule is COC(=O)C(Nc1ccc(S(=O)(=O)N(C)C)cn1)C(C)C. The fourth-order valence-corrected chi connectivity index (χ4v) is 2.46. The number of aromatic nitrogens is 1. The highest BCUT2D eigenvalue weighted by molar-refractivity contribution is 7.89. The van der Waals surface area contributed by atoms with Crippen LogP contribution in [-0.4, -0.2) is 50.9 Å². The molecule has 0 aliphatic rings. The highest BCUT2D eigenvalue weighted by Crippen LogP contribution is 2.16. The van der Waals surface area contributed by atoms with E-state index in [1.165, 1.54) is 39.5 Å². The topological polar surface area (TPSA) is 88.6 Å². The lowest BCUT2D eigenvalue weighted by atomic mass is 10.0. The molecule has 0 bridgehead atoms. The van der Waals surface area contributed by atoms with Gasteiger partial charge in [-0.15, -0.1) is 0 Å². The van der Waals surface area contributed by atoms with Gasteiger partial charge in [0.05, 0.1) is 7.11 Å². The zero-order valence-electron chi connectivity index (χ0n) is 12.8. The van der Waals surface area contributed by atoms with Crippen LogP contribution in [0.1, 0.15) is 13.8 Å². The van der Waals surface area contributed by atoms with Crippen molar-refractivity contribution in [1.82, 2.24) is 9.29 Å². The molecule has 1 rings (SSSR count). The molecule has 1 atom stereocenters. The molecule has 0 aliphatic carbocycles. The molecule has 1 heterocycles. The van der Waals surface area contributed by atoms with Crippen LogP contribution in [0.2, 0.25) is 0 Å². The summed E-state index contributed by atoms with van der Waals surface area (Å²) in [5.41, 5.74) is 0. The summed E-state index contributed by atoms with van der Waals surface area (Å²) >= 11 is 0. The lowest BCUT2D eigenvalue weighted by molar-refractivity contribution is -0.142. The smallest absolute Gasteiger partial charge is 0.328 e. The number of esters is 1. The van der Waals surface area contributed by atoms with Crippen LogP contribution in [-0.2, 0) is 19.6 Å². The first-order valence-corrected chi connectivity index (χ1v) is 7.87. The van der Waals surface area contributed by atoms with Gasteiger partial charge in [0, 0.05) is 20.3 Å². The van der Waals surface area contributed by atoms with Crippen LogP contribution in [0.5, 0.6) is 0 Å². The molecule has 0 amide bonds. The van der Waals surface area contributed by atoms with Crippen molar-refractivity contribution in [3.63, 3.8) is 0 Å². The number of ether oxygens (including phenoxy) is 1. The second kappa shape index (κ2) is 6.86. The van der Waals surface area contributed by atoms with Gasteiger partial charge in [-0.25, -0.2) is 22.5 Å². The van der Waals surface area contributed by atoms with Crippen molar-refractivity contribution in [3.05, 3.63) is 18.3 Å². The zero-order valence-corrected chi connectivity index (χ0v) is 13.6. The van der Waals surface area contributed by atoms with Gasteiger partial charge in [0.1, 0.15) is 16.8 Å². The third-order valence-corrected chi connectivity index (χ3v) is 4.74. The standard InChI is InChI=1S/C13H21N3O4S/c1-9(2)12(13(17)20-5)15-11-7-6-10(8-14-11)21(18,19)16(3)4/h6-9,12H,1-5H3,(H,14,15). The Morgan fingerprint density at radius 3 is 2.33 bits per heavy atom. The van der Waals surface area contributed by atoms with E-state index in [0.717, 1.165) is 4.31 Å². The predicted octanol–water partition coefficient (Wildman–Crippen LogP) is 0.941. The number of methoxy groups -OCH3 is 1. The molecule has 0 saturated heterocycles. The monoisotopic (exact) mass is 315 g/mol. The summed E-state index contributed by atoms with van der Waals surface area (Å²) < 4.78 is 29.7. The molecule has 0 spiro atoms. The van der Waals surface area contributed by atoms with Crippen LogP contribution in [0.4, 0.5) is 5.82 Å². The summed E-state index contributed by atoms with van der Waals surface area (Å²) in [5.74, 6) is 0.0260. The Kier molecular flexibility index (Phi) is 5.68. The minimum absolute atomic E-state index is 0.00411. The van der Waals surface area contributed by atoms with E-state index in [1.54, 1.807) is 0 Å². The van der Waals surface area contributed by atoms with Crippen LogP contribution in [0.3, 0.4) is 0 Å². The lowest BCUT2D eigenvalue weighted by Crippen LogP contribution is -2.35. The summed E-state index contributed by atoms with van der Waals surface area (Å²) in [5, 5.41) is 2.94. The van der Waals surface area contributed by atoms with E-state index in [-0.39, 0.29) is 10.8 Å². The molecular weight excluding hydrogens is 294 g/mol.